The molecule has 8 nitrogen and oxygen atoms in total. The normalized spacial score (nSPS) is 22.3. The Balaban J connectivity index is 1.52. The fourth-order valence-corrected chi connectivity index (χ4v) is 5.40. The van der Waals surface area contributed by atoms with E-state index >= 15 is 0 Å². The number of nitrogens with two attached hydrogens (primary N) is 1. The molecule has 13 heteroatoms. The monoisotopic (exact) mass is 489 g/mol. The van der Waals surface area contributed by atoms with E-state index in [9.17, 15) is 26.7 Å². The fraction of sp³-hybridized carbons (Fsp3) is 0.368. The maximum Gasteiger partial charge on any atom is 0.417 e. The summed E-state index contributed by atoms with van der Waals surface area (Å²) >= 11 is 6.32. The summed E-state index contributed by atoms with van der Waals surface area (Å²) in [7, 11) is -4.04. The van der Waals surface area contributed by atoms with Crippen LogP contribution in [0, 0.1) is 0 Å². The van der Waals surface area contributed by atoms with E-state index in [4.69, 9.17) is 17.3 Å². The number of fused-ring (bicyclic) bond motifs is 1. The summed E-state index contributed by atoms with van der Waals surface area (Å²) in [6, 6.07) is 6.74. The highest BCUT2D eigenvalue weighted by atomic mass is 35.5. The lowest BCUT2D eigenvalue weighted by atomic mass is 9.82. The minimum Gasteiger partial charge on any atom is -0.380 e. The Hall–Kier alpha value is -2.41. The molecule has 0 radical (unpaired) electrons. The number of aromatic amines is 1. The average molecular weight is 490 g/mol. The number of halogens is 4. The molecule has 5 N–H and O–H groups in total. The fourth-order valence-electron chi connectivity index (χ4n) is 3.72. The predicted octanol–water partition coefficient (Wildman–Crippen LogP) is 3.37. The number of nitrogens with one attached hydrogen (secondary N) is 2. The molecule has 0 atom stereocenters. The van der Waals surface area contributed by atoms with Gasteiger partial charge in [0.05, 0.1) is 21.1 Å². The molecule has 1 saturated carbocycles. The molecule has 0 aliphatic heterocycles. The van der Waals surface area contributed by atoms with Crippen molar-refractivity contribution in [2.24, 2.45) is 0 Å². The number of pyridine rings is 1. The number of hydrogen-bond acceptors (Lipinski definition) is 6. The van der Waals surface area contributed by atoms with E-state index in [0.29, 0.717) is 22.3 Å². The highest BCUT2D eigenvalue weighted by Crippen LogP contribution is 2.41. The van der Waals surface area contributed by atoms with Crippen LogP contribution in [0.5, 0.6) is 0 Å². The number of sulfonamides is 1. The lowest BCUT2D eigenvalue weighted by molar-refractivity contribution is -0.270. The molecular weight excluding hydrogens is 471 g/mol. The van der Waals surface area contributed by atoms with Gasteiger partial charge in [-0.3, -0.25) is 5.10 Å². The Morgan fingerprint density at radius 2 is 1.91 bits per heavy atom. The Labute approximate surface area is 186 Å². The van der Waals surface area contributed by atoms with Crippen molar-refractivity contribution >= 4 is 38.5 Å². The third kappa shape index (κ3) is 4.15. The van der Waals surface area contributed by atoms with Gasteiger partial charge in [-0.2, -0.15) is 18.3 Å². The first kappa shape index (κ1) is 22.8. The lowest BCUT2D eigenvalue weighted by Crippen LogP contribution is -2.51. The molecule has 1 fully saturated rings. The molecule has 1 aliphatic rings. The van der Waals surface area contributed by atoms with Gasteiger partial charge in [0.2, 0.25) is 10.0 Å². The van der Waals surface area contributed by atoms with Crippen molar-refractivity contribution in [3.05, 3.63) is 35.4 Å². The van der Waals surface area contributed by atoms with Crippen LogP contribution in [-0.4, -0.2) is 46.5 Å². The van der Waals surface area contributed by atoms with E-state index in [1.54, 1.807) is 12.1 Å². The molecule has 0 unspecified atom stereocenters. The number of nitrogens with zero attached hydrogens (tertiary/aromatic N) is 2. The van der Waals surface area contributed by atoms with Gasteiger partial charge in [0.25, 0.3) is 0 Å². The maximum atomic E-state index is 12.9. The average Bonchev–Trinajstić information content (AvgIpc) is 3.09. The third-order valence-corrected chi connectivity index (χ3v) is 7.45. The van der Waals surface area contributed by atoms with Crippen LogP contribution >= 0.6 is 11.6 Å². The quantitative estimate of drug-likeness (QED) is 0.444. The number of benzene rings is 1. The number of alkyl halides is 3. The van der Waals surface area contributed by atoms with Crippen LogP contribution in [0.15, 0.2) is 35.2 Å². The zero-order valence-electron chi connectivity index (χ0n) is 16.4. The van der Waals surface area contributed by atoms with Crippen LogP contribution in [-0.2, 0) is 10.0 Å². The van der Waals surface area contributed by atoms with Crippen LogP contribution in [0.4, 0.5) is 19.0 Å². The summed E-state index contributed by atoms with van der Waals surface area (Å²) in [6.45, 7) is 0. The Kier molecular flexibility index (Phi) is 5.60. The summed E-state index contributed by atoms with van der Waals surface area (Å²) in [5.41, 5.74) is 5.01. The van der Waals surface area contributed by atoms with E-state index in [-0.39, 0.29) is 28.6 Å². The standard InChI is InChI=1S/C19H19ClF3N5O3S/c20-13-9-11(1-2-12(13)14-3-4-15-16(25-14)17(24)27-26-15)32(30,31)28-10-5-7-18(29,8-6-10)19(21,22)23/h1-4,9-10,28-29H,5-8H2,(H3,24,26,27). The minimum atomic E-state index is -4.75. The molecule has 0 saturated heterocycles. The highest BCUT2D eigenvalue weighted by Gasteiger charge is 2.54. The maximum absolute atomic E-state index is 12.9. The number of rotatable bonds is 4. The van der Waals surface area contributed by atoms with Gasteiger partial charge in [0.1, 0.15) is 5.52 Å². The molecule has 2 aromatic heterocycles. The second kappa shape index (κ2) is 7.87. The predicted molar refractivity (Wildman–Crippen MR) is 112 cm³/mol. The van der Waals surface area contributed by atoms with Crippen molar-refractivity contribution in [2.45, 2.75) is 48.4 Å². The van der Waals surface area contributed by atoms with Crippen LogP contribution in [0.25, 0.3) is 22.3 Å². The van der Waals surface area contributed by atoms with Crippen molar-refractivity contribution in [2.75, 3.05) is 5.73 Å². The van der Waals surface area contributed by atoms with Crippen molar-refractivity contribution < 1.29 is 26.7 Å². The molecule has 0 amide bonds. The van der Waals surface area contributed by atoms with Gasteiger partial charge < -0.3 is 10.8 Å². The van der Waals surface area contributed by atoms with Gasteiger partial charge in [-0.05, 0) is 56.0 Å². The Bertz CT molecular complexity index is 1270. The summed E-state index contributed by atoms with van der Waals surface area (Å²) in [5.74, 6) is 0.214. The van der Waals surface area contributed by atoms with Crippen molar-refractivity contribution in [1.29, 1.82) is 0 Å². The number of aromatic nitrogens is 3. The lowest BCUT2D eigenvalue weighted by Gasteiger charge is -2.37. The molecule has 1 aliphatic carbocycles. The van der Waals surface area contributed by atoms with Crippen LogP contribution in [0.1, 0.15) is 25.7 Å². The molecule has 0 bridgehead atoms. The molecule has 4 rings (SSSR count). The zero-order chi connectivity index (χ0) is 23.3. The third-order valence-electron chi connectivity index (χ3n) is 5.62. The number of H-pyrrole nitrogens is 1. The Morgan fingerprint density at radius 1 is 1.22 bits per heavy atom. The molecule has 1 aromatic carbocycles. The van der Waals surface area contributed by atoms with E-state index < -0.39 is 40.7 Å². The van der Waals surface area contributed by atoms with E-state index in [0.717, 1.165) is 0 Å². The number of hydrogen-bond donors (Lipinski definition) is 4. The molecule has 172 valence electrons. The molecule has 3 aromatic rings. The number of aliphatic hydroxyl groups is 1. The van der Waals surface area contributed by atoms with Crippen molar-refractivity contribution in [3.63, 3.8) is 0 Å². The van der Waals surface area contributed by atoms with Crippen LogP contribution < -0.4 is 10.5 Å². The first-order valence-electron chi connectivity index (χ1n) is 9.62. The van der Waals surface area contributed by atoms with E-state index in [1.807, 2.05) is 0 Å². The first-order valence-corrected chi connectivity index (χ1v) is 11.5. The van der Waals surface area contributed by atoms with Crippen LogP contribution in [0.3, 0.4) is 0 Å². The topological polar surface area (TPSA) is 134 Å². The summed E-state index contributed by atoms with van der Waals surface area (Å²) in [4.78, 5) is 4.27. The van der Waals surface area contributed by atoms with Gasteiger partial charge in [-0.15, -0.1) is 0 Å². The van der Waals surface area contributed by atoms with Gasteiger partial charge >= 0.3 is 6.18 Å². The summed E-state index contributed by atoms with van der Waals surface area (Å²) in [6.07, 6.45) is -6.18. The molecule has 0 spiro atoms. The van der Waals surface area contributed by atoms with Gasteiger partial charge in [-0.25, -0.2) is 18.1 Å². The number of anilines is 1. The van der Waals surface area contributed by atoms with Gasteiger partial charge in [0, 0.05) is 11.6 Å². The molecule has 2 heterocycles. The largest absolute Gasteiger partial charge is 0.417 e. The van der Waals surface area contributed by atoms with Gasteiger partial charge in [0.15, 0.2) is 11.4 Å². The first-order chi connectivity index (χ1) is 14.9. The number of nitrogen functional groups attached to an aromatic ring is 1. The smallest absolute Gasteiger partial charge is 0.380 e. The van der Waals surface area contributed by atoms with E-state index in [1.165, 1.54) is 18.2 Å². The highest BCUT2D eigenvalue weighted by molar-refractivity contribution is 7.89. The summed E-state index contributed by atoms with van der Waals surface area (Å²) < 4.78 is 66.7. The van der Waals surface area contributed by atoms with Crippen molar-refractivity contribution in [3.8, 4) is 11.3 Å². The Morgan fingerprint density at radius 3 is 2.53 bits per heavy atom. The van der Waals surface area contributed by atoms with Crippen molar-refractivity contribution in [1.82, 2.24) is 19.9 Å². The van der Waals surface area contributed by atoms with E-state index in [2.05, 4.69) is 19.9 Å². The second-order valence-corrected chi connectivity index (χ2v) is 9.89. The van der Waals surface area contributed by atoms with Gasteiger partial charge in [-0.1, -0.05) is 11.6 Å². The van der Waals surface area contributed by atoms with Crippen LogP contribution in [0.2, 0.25) is 5.02 Å². The molecule has 32 heavy (non-hydrogen) atoms. The molecular formula is C19H19ClF3N5O3S. The summed E-state index contributed by atoms with van der Waals surface area (Å²) in [5, 5.41) is 16.5. The minimum absolute atomic E-state index is 0.122. The SMILES string of the molecule is Nc1n[nH]c2ccc(-c3ccc(S(=O)(=O)NC4CCC(O)(C(F)(F)F)CC4)cc3Cl)nc12. The zero-order valence-corrected chi connectivity index (χ0v) is 18.0. The second-order valence-electron chi connectivity index (χ2n) is 7.77.